The third-order valence-corrected chi connectivity index (χ3v) is 4.87. The molecule has 1 saturated heterocycles. The summed E-state index contributed by atoms with van der Waals surface area (Å²) >= 11 is 0. The second-order valence-corrected chi connectivity index (χ2v) is 7.84. The summed E-state index contributed by atoms with van der Waals surface area (Å²) in [7, 11) is -0.939. The van der Waals surface area contributed by atoms with Gasteiger partial charge in [-0.2, -0.15) is 0 Å². The highest BCUT2D eigenvalue weighted by Gasteiger charge is 2.29. The first kappa shape index (κ1) is 18.8. The van der Waals surface area contributed by atoms with E-state index in [-0.39, 0.29) is 35.3 Å². The summed E-state index contributed by atoms with van der Waals surface area (Å²) in [5, 5.41) is 2.77. The quantitative estimate of drug-likeness (QED) is 0.778. The Labute approximate surface area is 123 Å². The van der Waals surface area contributed by atoms with E-state index >= 15 is 0 Å². The second-order valence-electron chi connectivity index (χ2n) is 5.51. The van der Waals surface area contributed by atoms with Gasteiger partial charge in [0.15, 0.2) is 0 Å². The van der Waals surface area contributed by atoms with Crippen LogP contribution in [0.5, 0.6) is 0 Å². The molecule has 19 heavy (non-hydrogen) atoms. The van der Waals surface area contributed by atoms with Crippen molar-refractivity contribution in [3.63, 3.8) is 0 Å². The molecule has 0 aromatic carbocycles. The molecule has 1 aliphatic heterocycles. The molecule has 5 nitrogen and oxygen atoms in total. The third kappa shape index (κ3) is 6.21. The Morgan fingerprint density at radius 2 is 2.05 bits per heavy atom. The predicted molar refractivity (Wildman–Crippen MR) is 80.0 cm³/mol. The molecular formula is C12H25ClN2O3S. The molecule has 0 aromatic rings. The molecule has 0 bridgehead atoms. The fourth-order valence-electron chi connectivity index (χ4n) is 1.76. The standard InChI is InChI=1S/C12H24N2O3S.ClH/c1-12(2,3)18(16)7-6-14-11(15)10-5-4-9(8-13)17-10;/h9-10H,4-8,13H2,1-3H3,(H,14,15);1H/t9-,10+,18?;/m1./s1. The molecule has 0 spiro atoms. The summed E-state index contributed by atoms with van der Waals surface area (Å²) in [6.45, 7) is 6.66. The van der Waals surface area contributed by atoms with Gasteiger partial charge >= 0.3 is 0 Å². The van der Waals surface area contributed by atoms with Crippen LogP contribution >= 0.6 is 12.4 Å². The number of nitrogens with one attached hydrogen (secondary N) is 1. The lowest BCUT2D eigenvalue weighted by Crippen LogP contribution is -2.38. The van der Waals surface area contributed by atoms with Crippen LogP contribution in [0.3, 0.4) is 0 Å². The number of carbonyl (C=O) groups excluding carboxylic acids is 1. The van der Waals surface area contributed by atoms with Gasteiger partial charge in [0, 0.05) is 34.4 Å². The van der Waals surface area contributed by atoms with Crippen LogP contribution in [0.25, 0.3) is 0 Å². The van der Waals surface area contributed by atoms with E-state index in [1.54, 1.807) is 0 Å². The molecule has 7 heteroatoms. The van der Waals surface area contributed by atoms with Crippen LogP contribution in [0.4, 0.5) is 0 Å². The van der Waals surface area contributed by atoms with Crippen molar-refractivity contribution in [2.24, 2.45) is 5.73 Å². The van der Waals surface area contributed by atoms with Crippen molar-refractivity contribution in [1.82, 2.24) is 5.32 Å². The minimum atomic E-state index is -0.939. The first-order valence-corrected chi connectivity index (χ1v) is 7.68. The number of amides is 1. The molecule has 1 unspecified atom stereocenters. The topological polar surface area (TPSA) is 81.4 Å². The van der Waals surface area contributed by atoms with Gasteiger partial charge in [-0.25, -0.2) is 0 Å². The number of halogens is 1. The Hall–Kier alpha value is -0.170. The van der Waals surface area contributed by atoms with Gasteiger partial charge in [-0.3, -0.25) is 9.00 Å². The van der Waals surface area contributed by atoms with Crippen LogP contribution in [0.2, 0.25) is 0 Å². The summed E-state index contributed by atoms with van der Waals surface area (Å²) < 4.78 is 17.0. The van der Waals surface area contributed by atoms with E-state index in [0.717, 1.165) is 12.8 Å². The maximum Gasteiger partial charge on any atom is 0.249 e. The largest absolute Gasteiger partial charge is 0.364 e. The predicted octanol–water partition coefficient (Wildman–Crippen LogP) is 0.578. The highest BCUT2D eigenvalue weighted by atomic mass is 35.5. The maximum absolute atomic E-state index is 11.8. The fraction of sp³-hybridized carbons (Fsp3) is 0.917. The van der Waals surface area contributed by atoms with Crippen LogP contribution in [-0.4, -0.2) is 45.9 Å². The lowest BCUT2D eigenvalue weighted by atomic mass is 10.2. The van der Waals surface area contributed by atoms with Crippen molar-refractivity contribution in [3.8, 4) is 0 Å². The summed E-state index contributed by atoms with van der Waals surface area (Å²) in [5.74, 6) is 0.360. The van der Waals surface area contributed by atoms with Crippen LogP contribution in [0, 0.1) is 0 Å². The maximum atomic E-state index is 11.8. The van der Waals surface area contributed by atoms with Gasteiger partial charge in [0.2, 0.25) is 5.91 Å². The molecular weight excluding hydrogens is 288 g/mol. The van der Waals surface area contributed by atoms with E-state index in [2.05, 4.69) is 5.32 Å². The van der Waals surface area contributed by atoms with Gasteiger partial charge in [-0.1, -0.05) is 0 Å². The lowest BCUT2D eigenvalue weighted by Gasteiger charge is -2.18. The second kappa shape index (κ2) is 8.19. The van der Waals surface area contributed by atoms with Gasteiger partial charge in [0.05, 0.1) is 6.10 Å². The van der Waals surface area contributed by atoms with Crippen molar-refractivity contribution < 1.29 is 13.7 Å². The first-order valence-electron chi connectivity index (χ1n) is 6.36. The smallest absolute Gasteiger partial charge is 0.249 e. The minimum Gasteiger partial charge on any atom is -0.364 e. The van der Waals surface area contributed by atoms with E-state index in [1.807, 2.05) is 20.8 Å². The first-order chi connectivity index (χ1) is 8.34. The Morgan fingerprint density at radius 1 is 1.42 bits per heavy atom. The molecule has 0 aliphatic carbocycles. The SMILES string of the molecule is CC(C)(C)S(=O)CCNC(=O)[C@@H]1CC[C@H](CN)O1.Cl. The molecule has 114 valence electrons. The van der Waals surface area contributed by atoms with E-state index in [1.165, 1.54) is 0 Å². The van der Waals surface area contributed by atoms with Gasteiger partial charge < -0.3 is 15.8 Å². The molecule has 1 heterocycles. The molecule has 1 fully saturated rings. The highest BCUT2D eigenvalue weighted by molar-refractivity contribution is 7.86. The number of ether oxygens (including phenoxy) is 1. The van der Waals surface area contributed by atoms with Gasteiger partial charge in [-0.15, -0.1) is 12.4 Å². The van der Waals surface area contributed by atoms with Crippen molar-refractivity contribution >= 4 is 29.1 Å². The highest BCUT2D eigenvalue weighted by Crippen LogP contribution is 2.18. The van der Waals surface area contributed by atoms with Crippen LogP contribution in [0.15, 0.2) is 0 Å². The Balaban J connectivity index is 0.00000324. The summed E-state index contributed by atoms with van der Waals surface area (Å²) in [6, 6.07) is 0. The van der Waals surface area contributed by atoms with Crippen molar-refractivity contribution in [3.05, 3.63) is 0 Å². The van der Waals surface area contributed by atoms with Crippen molar-refractivity contribution in [2.45, 2.75) is 50.6 Å². The molecule has 3 atom stereocenters. The fourth-order valence-corrected chi connectivity index (χ4v) is 2.66. The molecule has 1 amide bonds. The van der Waals surface area contributed by atoms with Gasteiger partial charge in [0.25, 0.3) is 0 Å². The van der Waals surface area contributed by atoms with Gasteiger partial charge in [-0.05, 0) is 33.6 Å². The zero-order valence-electron chi connectivity index (χ0n) is 11.8. The molecule has 3 N–H and O–H groups in total. The monoisotopic (exact) mass is 312 g/mol. The normalized spacial score (nSPS) is 24.6. The summed E-state index contributed by atoms with van der Waals surface area (Å²) in [5.41, 5.74) is 5.49. The number of hydrogen-bond donors (Lipinski definition) is 2. The Bertz CT molecular complexity index is 321. The number of hydrogen-bond acceptors (Lipinski definition) is 4. The number of rotatable bonds is 5. The molecule has 0 aromatic heterocycles. The molecule has 0 saturated carbocycles. The minimum absolute atomic E-state index is 0. The van der Waals surface area contributed by atoms with E-state index in [0.29, 0.717) is 18.8 Å². The summed E-state index contributed by atoms with van der Waals surface area (Å²) in [6.07, 6.45) is 1.17. The zero-order valence-corrected chi connectivity index (χ0v) is 13.4. The van der Waals surface area contributed by atoms with Crippen LogP contribution in [-0.2, 0) is 20.3 Å². The van der Waals surface area contributed by atoms with Crippen LogP contribution in [0.1, 0.15) is 33.6 Å². The molecule has 1 rings (SSSR count). The van der Waals surface area contributed by atoms with Crippen molar-refractivity contribution in [2.75, 3.05) is 18.8 Å². The number of nitrogens with two attached hydrogens (primary N) is 1. The van der Waals surface area contributed by atoms with Crippen LogP contribution < -0.4 is 11.1 Å². The average molecular weight is 313 g/mol. The lowest BCUT2D eigenvalue weighted by molar-refractivity contribution is -0.131. The Kier molecular flexibility index (Phi) is 8.12. The van der Waals surface area contributed by atoms with E-state index < -0.39 is 10.8 Å². The number of carbonyl (C=O) groups is 1. The van der Waals surface area contributed by atoms with Gasteiger partial charge in [0.1, 0.15) is 6.10 Å². The molecule has 1 aliphatic rings. The molecule has 0 radical (unpaired) electrons. The Morgan fingerprint density at radius 3 is 2.53 bits per heavy atom. The van der Waals surface area contributed by atoms with E-state index in [9.17, 15) is 9.00 Å². The summed E-state index contributed by atoms with van der Waals surface area (Å²) in [4.78, 5) is 11.8. The average Bonchev–Trinajstić information content (AvgIpc) is 2.75. The van der Waals surface area contributed by atoms with Crippen molar-refractivity contribution in [1.29, 1.82) is 0 Å². The van der Waals surface area contributed by atoms with E-state index in [4.69, 9.17) is 10.5 Å². The zero-order chi connectivity index (χ0) is 13.8. The third-order valence-electron chi connectivity index (χ3n) is 2.93.